The summed E-state index contributed by atoms with van der Waals surface area (Å²) in [7, 11) is 0. The highest BCUT2D eigenvalue weighted by Gasteiger charge is 2.30. The molecule has 1 saturated carbocycles. The fraction of sp³-hybridized carbons (Fsp3) is 0.500. The Morgan fingerprint density at radius 3 is 2.88 bits per heavy atom. The Kier molecular flexibility index (Phi) is 2.21. The number of fused-ring (bicyclic) bond motifs is 1. The van der Waals surface area contributed by atoms with E-state index in [0.717, 1.165) is 36.8 Å². The van der Waals surface area contributed by atoms with Crippen molar-refractivity contribution in [1.82, 2.24) is 10.2 Å². The van der Waals surface area contributed by atoms with Gasteiger partial charge in [0.25, 0.3) is 0 Å². The summed E-state index contributed by atoms with van der Waals surface area (Å²) in [5.74, 6) is 0.423. The van der Waals surface area contributed by atoms with Crippen molar-refractivity contribution in [3.05, 3.63) is 11.3 Å². The van der Waals surface area contributed by atoms with Crippen LogP contribution < -0.4 is 5.73 Å². The maximum absolute atomic E-state index is 12.4. The number of aryl methyl sites for hydroxylation is 1. The lowest BCUT2D eigenvalue weighted by atomic mass is 9.95. The number of Topliss-reactive ketones (excluding diaryl/α,β-unsaturated/α-hetero) is 1. The predicted octanol–water partition coefficient (Wildman–Crippen LogP) is 2.42. The van der Waals surface area contributed by atoms with Crippen LogP contribution in [0.5, 0.6) is 0 Å². The second-order valence-electron chi connectivity index (χ2n) is 4.72. The van der Waals surface area contributed by atoms with E-state index in [4.69, 9.17) is 10.2 Å². The van der Waals surface area contributed by atoms with Gasteiger partial charge in [0, 0.05) is 11.6 Å². The third-order valence-electron chi connectivity index (χ3n) is 3.59. The maximum atomic E-state index is 12.4. The first-order valence-corrected chi connectivity index (χ1v) is 5.95. The quantitative estimate of drug-likeness (QED) is 0.780. The Labute approximate surface area is 98.4 Å². The third kappa shape index (κ3) is 1.45. The number of H-pyrrole nitrogens is 1. The van der Waals surface area contributed by atoms with Crippen molar-refractivity contribution in [2.24, 2.45) is 5.92 Å². The molecule has 0 unspecified atom stereocenters. The van der Waals surface area contributed by atoms with Crippen molar-refractivity contribution in [3.8, 4) is 0 Å². The topological polar surface area (TPSA) is 84.9 Å². The van der Waals surface area contributed by atoms with Crippen LogP contribution in [0.2, 0.25) is 0 Å². The van der Waals surface area contributed by atoms with E-state index in [1.807, 2.05) is 6.92 Å². The molecule has 90 valence electrons. The van der Waals surface area contributed by atoms with Crippen molar-refractivity contribution in [3.63, 3.8) is 0 Å². The van der Waals surface area contributed by atoms with Gasteiger partial charge in [-0.15, -0.1) is 5.10 Å². The summed E-state index contributed by atoms with van der Waals surface area (Å²) in [6, 6.07) is 0. The number of nitrogens with one attached hydrogen (secondary N) is 1. The molecule has 5 nitrogen and oxygen atoms in total. The van der Waals surface area contributed by atoms with Gasteiger partial charge in [0.2, 0.25) is 11.6 Å². The predicted molar refractivity (Wildman–Crippen MR) is 63.8 cm³/mol. The van der Waals surface area contributed by atoms with Gasteiger partial charge in [0.15, 0.2) is 5.78 Å². The van der Waals surface area contributed by atoms with Gasteiger partial charge in [-0.1, -0.05) is 12.8 Å². The van der Waals surface area contributed by atoms with Crippen LogP contribution >= 0.6 is 0 Å². The van der Waals surface area contributed by atoms with Crippen molar-refractivity contribution in [2.45, 2.75) is 32.6 Å². The average molecular weight is 233 g/mol. The largest absolute Gasteiger partial charge is 0.420 e. The van der Waals surface area contributed by atoms with Crippen LogP contribution in [-0.4, -0.2) is 16.0 Å². The second kappa shape index (κ2) is 3.61. The lowest BCUT2D eigenvalue weighted by Gasteiger charge is -2.06. The molecule has 1 aliphatic rings. The summed E-state index contributed by atoms with van der Waals surface area (Å²) in [5, 5.41) is 7.55. The van der Waals surface area contributed by atoms with Crippen LogP contribution in [0.4, 0.5) is 5.88 Å². The smallest absolute Gasteiger partial charge is 0.248 e. The Hall–Kier alpha value is -1.78. The number of hydrogen-bond donors (Lipinski definition) is 2. The van der Waals surface area contributed by atoms with Gasteiger partial charge in [-0.2, -0.15) is 0 Å². The minimum Gasteiger partial charge on any atom is -0.420 e. The van der Waals surface area contributed by atoms with Gasteiger partial charge in [-0.05, 0) is 19.8 Å². The molecule has 0 spiro atoms. The molecule has 1 fully saturated rings. The molecule has 0 aliphatic heterocycles. The molecule has 0 radical (unpaired) electrons. The first-order chi connectivity index (χ1) is 8.18. The molecule has 17 heavy (non-hydrogen) atoms. The minimum atomic E-state index is 0.104. The van der Waals surface area contributed by atoms with Crippen LogP contribution in [-0.2, 0) is 0 Å². The molecular formula is C12H15N3O2. The van der Waals surface area contributed by atoms with E-state index in [1.165, 1.54) is 0 Å². The molecule has 2 aromatic rings. The summed E-state index contributed by atoms with van der Waals surface area (Å²) < 4.78 is 5.32. The number of ketones is 1. The summed E-state index contributed by atoms with van der Waals surface area (Å²) in [5.41, 5.74) is 7.59. The molecule has 3 rings (SSSR count). The fourth-order valence-electron chi connectivity index (χ4n) is 2.69. The minimum absolute atomic E-state index is 0.104. The van der Waals surface area contributed by atoms with E-state index in [1.54, 1.807) is 0 Å². The number of aromatic amines is 1. The van der Waals surface area contributed by atoms with Crippen molar-refractivity contribution in [2.75, 3.05) is 5.73 Å². The molecule has 1 aliphatic carbocycles. The van der Waals surface area contributed by atoms with Crippen LogP contribution in [0, 0.1) is 12.8 Å². The van der Waals surface area contributed by atoms with Crippen LogP contribution in [0.3, 0.4) is 0 Å². The molecule has 0 amide bonds. The van der Waals surface area contributed by atoms with Crippen molar-refractivity contribution in [1.29, 1.82) is 0 Å². The number of nitrogens with two attached hydrogens (primary N) is 1. The number of carbonyl (C=O) groups is 1. The van der Waals surface area contributed by atoms with E-state index in [-0.39, 0.29) is 17.6 Å². The number of nitrogens with zero attached hydrogens (tertiary/aromatic N) is 1. The summed E-state index contributed by atoms with van der Waals surface area (Å²) in [6.07, 6.45) is 4.17. The van der Waals surface area contributed by atoms with E-state index >= 15 is 0 Å². The van der Waals surface area contributed by atoms with E-state index in [0.29, 0.717) is 11.3 Å². The normalized spacial score (nSPS) is 17.0. The van der Waals surface area contributed by atoms with E-state index in [2.05, 4.69) is 10.2 Å². The number of aromatic nitrogens is 2. The first kappa shape index (κ1) is 10.4. The Morgan fingerprint density at radius 1 is 1.47 bits per heavy atom. The SMILES string of the molecule is Cc1[nH]nc2oc(N)c(C(=O)C3CCCC3)c12. The van der Waals surface area contributed by atoms with Crippen molar-refractivity contribution < 1.29 is 9.21 Å². The third-order valence-corrected chi connectivity index (χ3v) is 3.59. The molecule has 0 saturated heterocycles. The van der Waals surface area contributed by atoms with E-state index < -0.39 is 0 Å². The van der Waals surface area contributed by atoms with Gasteiger partial charge in [-0.25, -0.2) is 0 Å². The molecule has 0 atom stereocenters. The standard InChI is InChI=1S/C12H15N3O2/c1-6-8-9(10(16)7-4-2-3-5-7)11(13)17-12(8)15-14-6/h7H,2-5,13H2,1H3,(H,14,15). The number of hydrogen-bond acceptors (Lipinski definition) is 4. The molecule has 2 heterocycles. The number of carbonyl (C=O) groups excluding carboxylic acids is 1. The molecular weight excluding hydrogens is 218 g/mol. The van der Waals surface area contributed by atoms with Gasteiger partial charge in [0.1, 0.15) is 0 Å². The zero-order valence-electron chi connectivity index (χ0n) is 9.75. The monoisotopic (exact) mass is 233 g/mol. The van der Waals surface area contributed by atoms with Crippen LogP contribution in [0.1, 0.15) is 41.7 Å². The number of nitrogen functional groups attached to an aromatic ring is 1. The highest BCUT2D eigenvalue weighted by atomic mass is 16.4. The Morgan fingerprint density at radius 2 is 2.18 bits per heavy atom. The van der Waals surface area contributed by atoms with Gasteiger partial charge in [0.05, 0.1) is 10.9 Å². The molecule has 5 heteroatoms. The molecule has 3 N–H and O–H groups in total. The lowest BCUT2D eigenvalue weighted by molar-refractivity contribution is 0.0925. The molecule has 0 aromatic carbocycles. The Bertz CT molecular complexity index is 576. The van der Waals surface area contributed by atoms with Crippen molar-refractivity contribution >= 4 is 22.8 Å². The fourth-order valence-corrected chi connectivity index (χ4v) is 2.69. The molecule has 0 bridgehead atoms. The van der Waals surface area contributed by atoms with Crippen LogP contribution in [0.15, 0.2) is 4.42 Å². The van der Waals surface area contributed by atoms with Crippen LogP contribution in [0.25, 0.3) is 11.1 Å². The summed E-state index contributed by atoms with van der Waals surface area (Å²) >= 11 is 0. The number of rotatable bonds is 2. The highest BCUT2D eigenvalue weighted by Crippen LogP contribution is 2.35. The highest BCUT2D eigenvalue weighted by molar-refractivity contribution is 6.12. The maximum Gasteiger partial charge on any atom is 0.248 e. The average Bonchev–Trinajstić information content (AvgIpc) is 2.97. The van der Waals surface area contributed by atoms with Gasteiger partial charge >= 0.3 is 0 Å². The second-order valence-corrected chi connectivity index (χ2v) is 4.72. The zero-order valence-corrected chi connectivity index (χ0v) is 9.75. The summed E-state index contributed by atoms with van der Waals surface area (Å²) in [4.78, 5) is 12.4. The number of furan rings is 1. The molecule has 2 aromatic heterocycles. The van der Waals surface area contributed by atoms with Gasteiger partial charge < -0.3 is 10.2 Å². The summed E-state index contributed by atoms with van der Waals surface area (Å²) in [6.45, 7) is 1.87. The number of anilines is 1. The zero-order chi connectivity index (χ0) is 12.0. The van der Waals surface area contributed by atoms with Gasteiger partial charge in [-0.3, -0.25) is 9.89 Å². The first-order valence-electron chi connectivity index (χ1n) is 5.95. The lowest BCUT2D eigenvalue weighted by Crippen LogP contribution is -2.12. The van der Waals surface area contributed by atoms with E-state index in [9.17, 15) is 4.79 Å². The Balaban J connectivity index is 2.11.